The molecule has 10 nitrogen and oxygen atoms in total. The molecule has 0 unspecified atom stereocenters. The van der Waals surface area contributed by atoms with Crippen LogP contribution in [-0.2, 0) is 0 Å². The standard InChI is InChI=1S/C11H8N6O4/c1-20-11-8(17(18)19)7(13-16-11)10-15-14-9(21-10)6-2-4-12-5-3-6/h2-5H,1H3,(H,13,16). The first kappa shape index (κ1) is 12.7. The Kier molecular flexibility index (Phi) is 3.03. The molecule has 0 radical (unpaired) electrons. The lowest BCUT2D eigenvalue weighted by Crippen LogP contribution is -1.93. The van der Waals surface area contributed by atoms with E-state index in [1.54, 1.807) is 24.5 Å². The number of aromatic amines is 1. The lowest BCUT2D eigenvalue weighted by Gasteiger charge is -1.93. The zero-order chi connectivity index (χ0) is 14.8. The number of aromatic nitrogens is 5. The number of H-pyrrole nitrogens is 1. The summed E-state index contributed by atoms with van der Waals surface area (Å²) >= 11 is 0. The van der Waals surface area contributed by atoms with Crippen LogP contribution in [0.1, 0.15) is 0 Å². The molecule has 0 amide bonds. The van der Waals surface area contributed by atoms with Gasteiger partial charge in [0, 0.05) is 18.0 Å². The van der Waals surface area contributed by atoms with Gasteiger partial charge in [-0.1, -0.05) is 0 Å². The fraction of sp³-hybridized carbons (Fsp3) is 0.0909. The molecule has 0 bridgehead atoms. The maximum Gasteiger partial charge on any atom is 0.362 e. The monoisotopic (exact) mass is 288 g/mol. The fourth-order valence-corrected chi connectivity index (χ4v) is 1.72. The number of hydrogen-bond acceptors (Lipinski definition) is 8. The van der Waals surface area contributed by atoms with E-state index in [4.69, 9.17) is 9.15 Å². The van der Waals surface area contributed by atoms with Crippen LogP contribution in [0, 0.1) is 10.1 Å². The van der Waals surface area contributed by atoms with Crippen LogP contribution in [0.3, 0.4) is 0 Å². The van der Waals surface area contributed by atoms with E-state index in [0.29, 0.717) is 5.56 Å². The molecule has 0 saturated heterocycles. The van der Waals surface area contributed by atoms with E-state index in [1.807, 2.05) is 0 Å². The molecular weight excluding hydrogens is 280 g/mol. The van der Waals surface area contributed by atoms with Gasteiger partial charge in [-0.2, -0.15) is 0 Å². The number of methoxy groups -OCH3 is 1. The van der Waals surface area contributed by atoms with E-state index in [-0.39, 0.29) is 29.0 Å². The molecule has 1 N–H and O–H groups in total. The van der Waals surface area contributed by atoms with Crippen molar-refractivity contribution in [2.75, 3.05) is 7.11 Å². The van der Waals surface area contributed by atoms with Crippen LogP contribution in [0.25, 0.3) is 23.0 Å². The summed E-state index contributed by atoms with van der Waals surface area (Å²) in [4.78, 5) is 14.3. The number of nitrogens with zero attached hydrogens (tertiary/aromatic N) is 5. The first-order chi connectivity index (χ1) is 10.2. The van der Waals surface area contributed by atoms with E-state index in [0.717, 1.165) is 0 Å². The summed E-state index contributed by atoms with van der Waals surface area (Å²) in [5.74, 6) is 0.0123. The second-order valence-corrected chi connectivity index (χ2v) is 3.86. The molecule has 3 heterocycles. The average molecular weight is 288 g/mol. The molecule has 10 heteroatoms. The van der Waals surface area contributed by atoms with Gasteiger partial charge >= 0.3 is 11.6 Å². The van der Waals surface area contributed by atoms with Crippen LogP contribution in [0.15, 0.2) is 28.9 Å². The van der Waals surface area contributed by atoms with Gasteiger partial charge in [0.05, 0.1) is 12.0 Å². The van der Waals surface area contributed by atoms with Gasteiger partial charge in [0.2, 0.25) is 11.6 Å². The molecule has 0 atom stereocenters. The van der Waals surface area contributed by atoms with E-state index in [9.17, 15) is 10.1 Å². The van der Waals surface area contributed by atoms with Crippen molar-refractivity contribution in [3.8, 4) is 28.9 Å². The van der Waals surface area contributed by atoms with Crippen LogP contribution in [0.5, 0.6) is 5.88 Å². The van der Waals surface area contributed by atoms with Crippen LogP contribution in [0.4, 0.5) is 5.69 Å². The van der Waals surface area contributed by atoms with E-state index < -0.39 is 4.92 Å². The van der Waals surface area contributed by atoms with Gasteiger partial charge in [-0.3, -0.25) is 20.2 Å². The van der Waals surface area contributed by atoms with Crippen molar-refractivity contribution in [1.82, 2.24) is 25.4 Å². The summed E-state index contributed by atoms with van der Waals surface area (Å²) in [6.07, 6.45) is 3.14. The minimum absolute atomic E-state index is 0.00958. The number of pyridine rings is 1. The molecule has 0 aliphatic rings. The van der Waals surface area contributed by atoms with Crippen molar-refractivity contribution in [1.29, 1.82) is 0 Å². The van der Waals surface area contributed by atoms with Crippen molar-refractivity contribution < 1.29 is 14.1 Å². The zero-order valence-corrected chi connectivity index (χ0v) is 10.7. The van der Waals surface area contributed by atoms with Gasteiger partial charge < -0.3 is 9.15 Å². The molecule has 3 rings (SSSR count). The van der Waals surface area contributed by atoms with Gasteiger partial charge in [0.1, 0.15) is 0 Å². The van der Waals surface area contributed by atoms with Crippen molar-refractivity contribution in [2.24, 2.45) is 0 Å². The Balaban J connectivity index is 2.05. The summed E-state index contributed by atoms with van der Waals surface area (Å²) < 4.78 is 10.2. The second kappa shape index (κ2) is 5.00. The number of nitrogens with one attached hydrogen (secondary N) is 1. The average Bonchev–Trinajstić information content (AvgIpc) is 3.14. The molecule has 3 aromatic rings. The molecule has 0 fully saturated rings. The number of hydrogen-bond donors (Lipinski definition) is 1. The third kappa shape index (κ3) is 2.18. The van der Waals surface area contributed by atoms with Gasteiger partial charge in [-0.15, -0.1) is 15.3 Å². The first-order valence-corrected chi connectivity index (χ1v) is 5.71. The Morgan fingerprint density at radius 2 is 2.00 bits per heavy atom. The van der Waals surface area contributed by atoms with Gasteiger partial charge in [-0.25, -0.2) is 0 Å². The van der Waals surface area contributed by atoms with Gasteiger partial charge in [0.25, 0.3) is 5.89 Å². The van der Waals surface area contributed by atoms with E-state index >= 15 is 0 Å². The Hall–Kier alpha value is -3.30. The lowest BCUT2D eigenvalue weighted by molar-refractivity contribution is -0.385. The van der Waals surface area contributed by atoms with E-state index in [1.165, 1.54) is 7.11 Å². The van der Waals surface area contributed by atoms with Crippen molar-refractivity contribution in [3.05, 3.63) is 34.6 Å². The Labute approximate surface area is 116 Å². The molecule has 0 spiro atoms. The summed E-state index contributed by atoms with van der Waals surface area (Å²) in [6.45, 7) is 0. The molecule has 21 heavy (non-hydrogen) atoms. The third-order valence-corrected chi connectivity index (χ3v) is 2.65. The number of rotatable bonds is 4. The van der Waals surface area contributed by atoms with Crippen LogP contribution >= 0.6 is 0 Å². The molecule has 106 valence electrons. The lowest BCUT2D eigenvalue weighted by atomic mass is 10.3. The Bertz CT molecular complexity index is 781. The van der Waals surface area contributed by atoms with Crippen LogP contribution in [0.2, 0.25) is 0 Å². The minimum Gasteiger partial charge on any atom is -0.475 e. The number of nitro groups is 1. The third-order valence-electron chi connectivity index (χ3n) is 2.65. The van der Waals surface area contributed by atoms with Gasteiger partial charge in [-0.05, 0) is 12.1 Å². The van der Waals surface area contributed by atoms with Crippen molar-refractivity contribution in [3.63, 3.8) is 0 Å². The normalized spacial score (nSPS) is 10.5. The van der Waals surface area contributed by atoms with Crippen LogP contribution in [-0.4, -0.2) is 37.4 Å². The molecule has 0 saturated carbocycles. The van der Waals surface area contributed by atoms with Gasteiger partial charge in [0.15, 0.2) is 0 Å². The molecule has 0 aliphatic heterocycles. The molecule has 3 aromatic heterocycles. The highest BCUT2D eigenvalue weighted by atomic mass is 16.6. The maximum atomic E-state index is 11.1. The zero-order valence-electron chi connectivity index (χ0n) is 10.7. The van der Waals surface area contributed by atoms with Crippen molar-refractivity contribution >= 4 is 5.69 Å². The SMILES string of the molecule is COc1n[nH]c(-c2nnc(-c3ccncc3)o2)c1[N+](=O)[O-]. The smallest absolute Gasteiger partial charge is 0.362 e. The summed E-state index contributed by atoms with van der Waals surface area (Å²) in [5.41, 5.74) is 0.282. The van der Waals surface area contributed by atoms with Crippen molar-refractivity contribution in [2.45, 2.75) is 0 Å². The molecular formula is C11H8N6O4. The maximum absolute atomic E-state index is 11.1. The quantitative estimate of drug-likeness (QED) is 0.563. The molecule has 0 aromatic carbocycles. The second-order valence-electron chi connectivity index (χ2n) is 3.86. The Morgan fingerprint density at radius 3 is 2.67 bits per heavy atom. The number of ether oxygens (including phenoxy) is 1. The largest absolute Gasteiger partial charge is 0.475 e. The van der Waals surface area contributed by atoms with E-state index in [2.05, 4.69) is 25.4 Å². The summed E-state index contributed by atoms with van der Waals surface area (Å²) in [5, 5.41) is 24.9. The summed E-state index contributed by atoms with van der Waals surface area (Å²) in [6, 6.07) is 3.36. The fourth-order valence-electron chi connectivity index (χ4n) is 1.72. The minimum atomic E-state index is -0.631. The highest BCUT2D eigenvalue weighted by Gasteiger charge is 2.30. The summed E-state index contributed by atoms with van der Waals surface area (Å²) in [7, 11) is 1.28. The predicted molar refractivity (Wildman–Crippen MR) is 68.3 cm³/mol. The topological polar surface area (TPSA) is 133 Å². The Morgan fingerprint density at radius 1 is 1.29 bits per heavy atom. The first-order valence-electron chi connectivity index (χ1n) is 5.71. The predicted octanol–water partition coefficient (Wildman–Crippen LogP) is 1.44. The highest BCUT2D eigenvalue weighted by molar-refractivity contribution is 5.67. The highest BCUT2D eigenvalue weighted by Crippen LogP contribution is 2.35. The molecule has 0 aliphatic carbocycles. The van der Waals surface area contributed by atoms with Crippen LogP contribution < -0.4 is 4.74 Å².